The highest BCUT2D eigenvalue weighted by molar-refractivity contribution is 7.88. The monoisotopic (exact) mass is 397 g/mol. The van der Waals surface area contributed by atoms with E-state index in [9.17, 15) is 17.2 Å². The van der Waals surface area contributed by atoms with Crippen LogP contribution in [-0.4, -0.2) is 63.2 Å². The zero-order chi connectivity index (χ0) is 19.6. The second-order valence-corrected chi connectivity index (χ2v) is 8.51. The lowest BCUT2D eigenvalue weighted by Crippen LogP contribution is -2.49. The lowest BCUT2D eigenvalue weighted by molar-refractivity contribution is 0.382. The zero-order valence-corrected chi connectivity index (χ0v) is 16.0. The van der Waals surface area contributed by atoms with E-state index in [2.05, 4.69) is 10.2 Å². The van der Waals surface area contributed by atoms with Crippen molar-refractivity contribution in [2.75, 3.05) is 50.1 Å². The van der Waals surface area contributed by atoms with E-state index in [0.29, 0.717) is 18.9 Å². The molecule has 1 aromatic carbocycles. The van der Waals surface area contributed by atoms with E-state index in [-0.39, 0.29) is 18.7 Å². The third-order valence-corrected chi connectivity index (χ3v) is 6.27. The van der Waals surface area contributed by atoms with Gasteiger partial charge in [0, 0.05) is 51.9 Å². The molecule has 27 heavy (non-hydrogen) atoms. The van der Waals surface area contributed by atoms with Gasteiger partial charge in [0.05, 0.1) is 17.6 Å². The second kappa shape index (κ2) is 7.73. The first kappa shape index (κ1) is 19.4. The molecule has 0 N–H and O–H groups in total. The summed E-state index contributed by atoms with van der Waals surface area (Å²) in [6.45, 7) is 1.37. The smallest absolute Gasteiger partial charge is 0.218 e. The van der Waals surface area contributed by atoms with Gasteiger partial charge in [0.1, 0.15) is 11.6 Å². The Bertz CT molecular complexity index is 915. The molecular formula is C17H21F2N5O2S. The Kier molecular flexibility index (Phi) is 5.56. The molecule has 0 spiro atoms. The molecule has 0 bridgehead atoms. The Balaban J connectivity index is 1.67. The fourth-order valence-electron chi connectivity index (χ4n) is 2.88. The number of halogens is 2. The molecule has 3 rings (SSSR count). The SMILES string of the molecule is CN(C)c1cnnc(N2CCN(S(=O)(=O)Cc3cc(F)ccc3F)CC2)c1. The maximum Gasteiger partial charge on any atom is 0.218 e. The van der Waals surface area contributed by atoms with Crippen molar-refractivity contribution in [1.82, 2.24) is 14.5 Å². The number of benzene rings is 1. The molecule has 1 fully saturated rings. The first-order chi connectivity index (χ1) is 12.8. The molecule has 1 aliphatic rings. The minimum Gasteiger partial charge on any atom is -0.376 e. The third kappa shape index (κ3) is 4.51. The van der Waals surface area contributed by atoms with Crippen LogP contribution in [0.2, 0.25) is 0 Å². The standard InChI is InChI=1S/C17H21F2N5O2S/c1-22(2)15-10-17(21-20-11-15)23-5-7-24(8-6-23)27(25,26)12-13-9-14(18)3-4-16(13)19/h3-4,9-11H,5-8,12H2,1-2H3. The molecule has 1 saturated heterocycles. The number of hydrogen-bond donors (Lipinski definition) is 0. The van der Waals surface area contributed by atoms with E-state index in [0.717, 1.165) is 23.9 Å². The molecule has 7 nitrogen and oxygen atoms in total. The average Bonchev–Trinajstić information content (AvgIpc) is 2.65. The summed E-state index contributed by atoms with van der Waals surface area (Å²) in [6, 6.07) is 4.71. The number of hydrogen-bond acceptors (Lipinski definition) is 6. The molecule has 0 aliphatic carbocycles. The van der Waals surface area contributed by atoms with Gasteiger partial charge >= 0.3 is 0 Å². The third-order valence-electron chi connectivity index (χ3n) is 4.45. The Morgan fingerprint density at radius 3 is 2.48 bits per heavy atom. The van der Waals surface area contributed by atoms with Crippen LogP contribution in [0.4, 0.5) is 20.3 Å². The summed E-state index contributed by atoms with van der Waals surface area (Å²) in [5.41, 5.74) is 0.735. The number of anilines is 2. The summed E-state index contributed by atoms with van der Waals surface area (Å²) in [5.74, 6) is -1.28. The van der Waals surface area contributed by atoms with Crippen LogP contribution in [0.3, 0.4) is 0 Å². The lowest BCUT2D eigenvalue weighted by Gasteiger charge is -2.34. The maximum absolute atomic E-state index is 13.8. The Morgan fingerprint density at radius 1 is 1.11 bits per heavy atom. The molecule has 0 unspecified atom stereocenters. The molecule has 0 atom stereocenters. The summed E-state index contributed by atoms with van der Waals surface area (Å²) in [4.78, 5) is 3.86. The van der Waals surface area contributed by atoms with Crippen molar-refractivity contribution >= 4 is 21.5 Å². The topological polar surface area (TPSA) is 69.6 Å². The molecule has 2 aromatic rings. The van der Waals surface area contributed by atoms with Gasteiger partial charge in [-0.25, -0.2) is 17.2 Å². The van der Waals surface area contributed by atoms with Gasteiger partial charge in [0.25, 0.3) is 0 Å². The van der Waals surface area contributed by atoms with E-state index in [1.165, 1.54) is 4.31 Å². The summed E-state index contributed by atoms with van der Waals surface area (Å²) in [7, 11) is 0.0522. The van der Waals surface area contributed by atoms with Crippen LogP contribution in [0, 0.1) is 11.6 Å². The number of piperazine rings is 1. The van der Waals surface area contributed by atoms with Crippen molar-refractivity contribution in [3.63, 3.8) is 0 Å². The predicted molar refractivity (Wildman–Crippen MR) is 99.1 cm³/mol. The van der Waals surface area contributed by atoms with Crippen molar-refractivity contribution in [3.05, 3.63) is 47.7 Å². The van der Waals surface area contributed by atoms with Gasteiger partial charge in [0.15, 0.2) is 5.82 Å². The van der Waals surface area contributed by atoms with E-state index in [4.69, 9.17) is 0 Å². The molecular weight excluding hydrogens is 376 g/mol. The summed E-state index contributed by atoms with van der Waals surface area (Å²) in [5, 5.41) is 8.09. The predicted octanol–water partition coefficient (Wildman–Crippen LogP) is 1.47. The lowest BCUT2D eigenvalue weighted by atomic mass is 10.2. The average molecular weight is 397 g/mol. The number of rotatable bonds is 5. The van der Waals surface area contributed by atoms with Gasteiger partial charge < -0.3 is 9.80 Å². The first-order valence-corrected chi connectivity index (χ1v) is 10.0. The van der Waals surface area contributed by atoms with Crippen LogP contribution in [0.15, 0.2) is 30.5 Å². The summed E-state index contributed by atoms with van der Waals surface area (Å²) in [6.07, 6.45) is 1.65. The van der Waals surface area contributed by atoms with Crippen molar-refractivity contribution in [1.29, 1.82) is 0 Å². The van der Waals surface area contributed by atoms with Crippen LogP contribution in [0.25, 0.3) is 0 Å². The van der Waals surface area contributed by atoms with Crippen LogP contribution >= 0.6 is 0 Å². The largest absolute Gasteiger partial charge is 0.376 e. The van der Waals surface area contributed by atoms with Gasteiger partial charge in [0.2, 0.25) is 10.0 Å². The second-order valence-electron chi connectivity index (χ2n) is 6.54. The Morgan fingerprint density at radius 2 is 1.81 bits per heavy atom. The van der Waals surface area contributed by atoms with Crippen LogP contribution < -0.4 is 9.80 Å². The van der Waals surface area contributed by atoms with Gasteiger partial charge in [-0.2, -0.15) is 9.40 Å². The zero-order valence-electron chi connectivity index (χ0n) is 15.1. The van der Waals surface area contributed by atoms with Crippen LogP contribution in [0.5, 0.6) is 0 Å². The summed E-state index contributed by atoms with van der Waals surface area (Å²) < 4.78 is 53.6. The molecule has 1 aromatic heterocycles. The van der Waals surface area contributed by atoms with Crippen molar-refractivity contribution in [2.45, 2.75) is 5.75 Å². The van der Waals surface area contributed by atoms with Crippen molar-refractivity contribution in [2.24, 2.45) is 0 Å². The minimum atomic E-state index is -3.75. The molecule has 0 amide bonds. The quantitative estimate of drug-likeness (QED) is 0.761. The highest BCUT2D eigenvalue weighted by Gasteiger charge is 2.28. The molecule has 1 aliphatic heterocycles. The fraction of sp³-hybridized carbons (Fsp3) is 0.412. The van der Waals surface area contributed by atoms with Gasteiger partial charge in [-0.15, -0.1) is 5.10 Å². The highest BCUT2D eigenvalue weighted by Crippen LogP contribution is 2.21. The maximum atomic E-state index is 13.8. The van der Waals surface area contributed by atoms with Gasteiger partial charge in [-0.1, -0.05) is 0 Å². The molecule has 146 valence electrons. The summed E-state index contributed by atoms with van der Waals surface area (Å²) >= 11 is 0. The van der Waals surface area contributed by atoms with E-state index < -0.39 is 27.4 Å². The Hall–Kier alpha value is -2.33. The number of sulfonamides is 1. The van der Waals surface area contributed by atoms with E-state index in [1.54, 1.807) is 6.20 Å². The molecule has 0 saturated carbocycles. The molecule has 0 radical (unpaired) electrons. The minimum absolute atomic E-state index is 0.165. The highest BCUT2D eigenvalue weighted by atomic mass is 32.2. The molecule has 2 heterocycles. The van der Waals surface area contributed by atoms with Gasteiger partial charge in [-0.05, 0) is 18.2 Å². The first-order valence-electron chi connectivity index (χ1n) is 8.43. The number of aromatic nitrogens is 2. The van der Waals surface area contributed by atoms with E-state index in [1.807, 2.05) is 30.0 Å². The van der Waals surface area contributed by atoms with Gasteiger partial charge in [-0.3, -0.25) is 0 Å². The van der Waals surface area contributed by atoms with Crippen molar-refractivity contribution < 1.29 is 17.2 Å². The van der Waals surface area contributed by atoms with E-state index >= 15 is 0 Å². The normalized spacial score (nSPS) is 15.8. The molecule has 10 heteroatoms. The number of nitrogens with zero attached hydrogens (tertiary/aromatic N) is 5. The van der Waals surface area contributed by atoms with Crippen LogP contribution in [0.1, 0.15) is 5.56 Å². The Labute approximate surface area is 157 Å². The fourth-order valence-corrected chi connectivity index (χ4v) is 4.40. The van der Waals surface area contributed by atoms with Crippen LogP contribution in [-0.2, 0) is 15.8 Å². The van der Waals surface area contributed by atoms with Crippen molar-refractivity contribution in [3.8, 4) is 0 Å².